The van der Waals surface area contributed by atoms with Gasteiger partial charge in [0.2, 0.25) is 5.82 Å². The van der Waals surface area contributed by atoms with Gasteiger partial charge in [0, 0.05) is 16.7 Å². The van der Waals surface area contributed by atoms with Gasteiger partial charge >= 0.3 is 5.69 Å². The third kappa shape index (κ3) is 3.13. The Morgan fingerprint density at radius 3 is 2.60 bits per heavy atom. The first-order chi connectivity index (χ1) is 9.38. The average molecular weight is 406 g/mol. The molecule has 0 aliphatic rings. The summed E-state index contributed by atoms with van der Waals surface area (Å²) >= 11 is 6.38. The molecule has 0 fully saturated rings. The molecule has 1 heterocycles. The van der Waals surface area contributed by atoms with E-state index in [0.717, 1.165) is 12.1 Å². The summed E-state index contributed by atoms with van der Waals surface area (Å²) in [6.07, 6.45) is 1.56. The summed E-state index contributed by atoms with van der Waals surface area (Å²) in [5.74, 6) is -0.922. The number of rotatable bonds is 3. The first-order valence-electron chi connectivity index (χ1n) is 5.37. The van der Waals surface area contributed by atoms with Crippen LogP contribution in [0.25, 0.3) is 0 Å². The maximum Gasteiger partial charge on any atom is 0.304 e. The van der Waals surface area contributed by atoms with Gasteiger partial charge in [-0.3, -0.25) is 14.9 Å². The number of hydrogen-bond donors (Lipinski definition) is 0. The van der Waals surface area contributed by atoms with E-state index in [1.54, 1.807) is 12.3 Å². The molecule has 0 unspecified atom stereocenters. The van der Waals surface area contributed by atoms with E-state index in [0.29, 0.717) is 14.5 Å². The lowest BCUT2D eigenvalue weighted by Crippen LogP contribution is -2.20. The Hall–Kier alpha value is -1.54. The molecule has 0 spiro atoms. The van der Waals surface area contributed by atoms with Crippen molar-refractivity contribution in [3.63, 3.8) is 0 Å². The van der Waals surface area contributed by atoms with E-state index in [9.17, 15) is 19.3 Å². The molecule has 0 atom stereocenters. The monoisotopic (exact) mass is 404 g/mol. The molecule has 0 N–H and O–H groups in total. The normalized spacial score (nSPS) is 10.6. The van der Waals surface area contributed by atoms with Crippen LogP contribution in [0, 0.1) is 15.9 Å². The van der Waals surface area contributed by atoms with Crippen LogP contribution in [0.2, 0.25) is 0 Å². The Bertz CT molecular complexity index is 746. The molecular weight excluding hydrogens is 399 g/mol. The summed E-state index contributed by atoms with van der Waals surface area (Å²) in [6.45, 7) is 0.117. The molecule has 0 radical (unpaired) electrons. The second-order valence-corrected chi connectivity index (χ2v) is 5.75. The van der Waals surface area contributed by atoms with E-state index in [1.165, 1.54) is 10.6 Å². The zero-order chi connectivity index (χ0) is 14.9. The summed E-state index contributed by atoms with van der Waals surface area (Å²) in [5.41, 5.74) is -0.399. The van der Waals surface area contributed by atoms with Crippen LogP contribution < -0.4 is 5.56 Å². The van der Waals surface area contributed by atoms with Gasteiger partial charge in [-0.05, 0) is 49.6 Å². The summed E-state index contributed by atoms with van der Waals surface area (Å²) < 4.78 is 15.9. The third-order valence-corrected chi connectivity index (χ3v) is 3.57. The number of hydrogen-bond acceptors (Lipinski definition) is 3. The zero-order valence-electron chi connectivity index (χ0n) is 9.85. The van der Waals surface area contributed by atoms with Crippen molar-refractivity contribution in [1.82, 2.24) is 4.57 Å². The van der Waals surface area contributed by atoms with Crippen LogP contribution in [0.1, 0.15) is 5.56 Å². The van der Waals surface area contributed by atoms with Crippen molar-refractivity contribution < 1.29 is 9.31 Å². The summed E-state index contributed by atoms with van der Waals surface area (Å²) in [4.78, 5) is 21.6. The van der Waals surface area contributed by atoms with Gasteiger partial charge in [0.15, 0.2) is 0 Å². The third-order valence-electron chi connectivity index (χ3n) is 2.57. The van der Waals surface area contributed by atoms with Gasteiger partial charge in [0.1, 0.15) is 0 Å². The van der Waals surface area contributed by atoms with Crippen LogP contribution in [-0.4, -0.2) is 9.49 Å². The van der Waals surface area contributed by atoms with E-state index in [4.69, 9.17) is 0 Å². The fourth-order valence-corrected chi connectivity index (χ4v) is 2.93. The fraction of sp³-hybridized carbons (Fsp3) is 0.0833. The molecule has 0 saturated heterocycles. The maximum absolute atomic E-state index is 13.5. The van der Waals surface area contributed by atoms with Crippen LogP contribution in [0.4, 0.5) is 10.1 Å². The standard InChI is InChI=1S/C12H7Br2FN2O3/c13-8-4-9(14)12(18)16(6-8)5-7-1-2-11(17(19)20)10(15)3-7/h1-4,6H,5H2. The Morgan fingerprint density at radius 2 is 2.00 bits per heavy atom. The molecule has 20 heavy (non-hydrogen) atoms. The second kappa shape index (κ2) is 5.84. The van der Waals surface area contributed by atoms with E-state index in [2.05, 4.69) is 31.9 Å². The topological polar surface area (TPSA) is 65.1 Å². The predicted octanol–water partition coefficient (Wildman–Crippen LogP) is 3.47. The van der Waals surface area contributed by atoms with Crippen LogP contribution in [0.15, 0.2) is 44.2 Å². The van der Waals surface area contributed by atoms with Crippen molar-refractivity contribution in [2.45, 2.75) is 6.54 Å². The molecule has 2 aromatic rings. The number of nitro groups is 1. The van der Waals surface area contributed by atoms with Crippen molar-refractivity contribution in [3.05, 3.63) is 71.3 Å². The van der Waals surface area contributed by atoms with Gasteiger partial charge in [-0.25, -0.2) is 0 Å². The first kappa shape index (κ1) is 14.9. The van der Waals surface area contributed by atoms with Crippen molar-refractivity contribution >= 4 is 37.5 Å². The van der Waals surface area contributed by atoms with E-state index in [1.807, 2.05) is 0 Å². The SMILES string of the molecule is O=c1c(Br)cc(Br)cn1Cc1ccc([N+](=O)[O-])c(F)c1. The number of aromatic nitrogens is 1. The van der Waals surface area contributed by atoms with Gasteiger partial charge < -0.3 is 4.57 Å². The summed E-state index contributed by atoms with van der Waals surface area (Å²) in [6, 6.07) is 5.17. The lowest BCUT2D eigenvalue weighted by atomic mass is 10.2. The van der Waals surface area contributed by atoms with Crippen LogP contribution in [-0.2, 0) is 6.54 Å². The van der Waals surface area contributed by atoms with E-state index >= 15 is 0 Å². The first-order valence-corrected chi connectivity index (χ1v) is 6.95. The molecule has 0 amide bonds. The minimum atomic E-state index is -0.922. The summed E-state index contributed by atoms with van der Waals surface area (Å²) in [7, 11) is 0. The molecule has 104 valence electrons. The molecule has 1 aromatic heterocycles. The predicted molar refractivity (Wildman–Crippen MR) is 78.3 cm³/mol. The van der Waals surface area contributed by atoms with Crippen LogP contribution in [0.5, 0.6) is 0 Å². The number of halogens is 3. The maximum atomic E-state index is 13.5. The minimum Gasteiger partial charge on any atom is -0.309 e. The molecular formula is C12H7Br2FN2O3. The van der Waals surface area contributed by atoms with Gasteiger partial charge in [-0.2, -0.15) is 4.39 Å². The van der Waals surface area contributed by atoms with Gasteiger partial charge in [0.05, 0.1) is 15.9 Å². The molecule has 2 rings (SSSR count). The molecule has 0 aliphatic heterocycles. The second-order valence-electron chi connectivity index (χ2n) is 3.98. The highest BCUT2D eigenvalue weighted by molar-refractivity contribution is 9.11. The van der Waals surface area contributed by atoms with Crippen LogP contribution >= 0.6 is 31.9 Å². The van der Waals surface area contributed by atoms with Gasteiger partial charge in [0.25, 0.3) is 5.56 Å². The Kier molecular flexibility index (Phi) is 4.34. The largest absolute Gasteiger partial charge is 0.309 e. The van der Waals surface area contributed by atoms with Gasteiger partial charge in [-0.1, -0.05) is 6.07 Å². The molecule has 0 saturated carbocycles. The molecule has 5 nitrogen and oxygen atoms in total. The van der Waals surface area contributed by atoms with Gasteiger partial charge in [-0.15, -0.1) is 0 Å². The number of nitro benzene ring substituents is 1. The smallest absolute Gasteiger partial charge is 0.304 e. The van der Waals surface area contributed by atoms with Crippen molar-refractivity contribution in [2.24, 2.45) is 0 Å². The molecule has 1 aromatic carbocycles. The lowest BCUT2D eigenvalue weighted by Gasteiger charge is -2.07. The highest BCUT2D eigenvalue weighted by Crippen LogP contribution is 2.19. The van der Waals surface area contributed by atoms with Crippen molar-refractivity contribution in [2.75, 3.05) is 0 Å². The Morgan fingerprint density at radius 1 is 1.30 bits per heavy atom. The summed E-state index contributed by atoms with van der Waals surface area (Å²) in [5, 5.41) is 10.5. The highest BCUT2D eigenvalue weighted by atomic mass is 79.9. The lowest BCUT2D eigenvalue weighted by molar-refractivity contribution is -0.387. The number of benzene rings is 1. The van der Waals surface area contributed by atoms with Crippen molar-refractivity contribution in [1.29, 1.82) is 0 Å². The number of pyridine rings is 1. The Balaban J connectivity index is 2.38. The van der Waals surface area contributed by atoms with E-state index in [-0.39, 0.29) is 12.1 Å². The Labute approximate surface area is 129 Å². The minimum absolute atomic E-state index is 0.117. The van der Waals surface area contributed by atoms with Crippen molar-refractivity contribution in [3.8, 4) is 0 Å². The average Bonchev–Trinajstić information content (AvgIpc) is 2.35. The van der Waals surface area contributed by atoms with E-state index < -0.39 is 16.4 Å². The fourth-order valence-electron chi connectivity index (χ4n) is 1.68. The molecule has 0 aliphatic carbocycles. The quantitative estimate of drug-likeness (QED) is 0.580. The van der Waals surface area contributed by atoms with Crippen LogP contribution in [0.3, 0.4) is 0 Å². The zero-order valence-corrected chi connectivity index (χ0v) is 13.0. The highest BCUT2D eigenvalue weighted by Gasteiger charge is 2.14. The molecule has 0 bridgehead atoms. The molecule has 8 heteroatoms. The number of nitrogens with zero attached hydrogens (tertiary/aromatic N) is 2.